The average Bonchev–Trinajstić information content (AvgIpc) is 2.78. The number of nitrogens with zero attached hydrogens (tertiary/aromatic N) is 1. The number of hydrogen-bond donors (Lipinski definition) is 2. The van der Waals surface area contributed by atoms with Crippen LogP contribution >= 0.6 is 11.8 Å². The minimum absolute atomic E-state index is 0.210. The van der Waals surface area contributed by atoms with Crippen LogP contribution in [0.5, 0.6) is 5.75 Å². The summed E-state index contributed by atoms with van der Waals surface area (Å²) < 4.78 is 22.8. The van der Waals surface area contributed by atoms with Gasteiger partial charge in [0.05, 0.1) is 25.6 Å². The van der Waals surface area contributed by atoms with Gasteiger partial charge in [-0.05, 0) is 30.5 Å². The number of nitrogens with one attached hydrogen (secondary N) is 2. The fourth-order valence-electron chi connectivity index (χ4n) is 2.31. The van der Waals surface area contributed by atoms with Crippen LogP contribution in [0.2, 0.25) is 0 Å². The van der Waals surface area contributed by atoms with Gasteiger partial charge in [0.15, 0.2) is 15.0 Å². The summed E-state index contributed by atoms with van der Waals surface area (Å²) in [6, 6.07) is 11.9. The number of aliphatic imine (C=N–C) groups is 1. The number of carbonyl (C=O) groups excluding carboxylic acids is 2. The molecule has 0 saturated heterocycles. The Morgan fingerprint density at radius 1 is 1.10 bits per heavy atom. The fourth-order valence-corrected chi connectivity index (χ4v) is 3.80. The highest BCUT2D eigenvalue weighted by atomic mass is 32.2. The lowest BCUT2D eigenvalue weighted by Crippen LogP contribution is -2.16. The molecule has 0 bridgehead atoms. The molecule has 0 radical (unpaired) electrons. The monoisotopic (exact) mass is 449 g/mol. The summed E-state index contributed by atoms with van der Waals surface area (Å²) in [6.07, 6.45) is 1.27. The first-order valence-electron chi connectivity index (χ1n) is 8.89. The van der Waals surface area contributed by atoms with Crippen molar-refractivity contribution in [1.82, 2.24) is 0 Å². The van der Waals surface area contributed by atoms with Crippen molar-refractivity contribution in [3.05, 3.63) is 42.5 Å². The molecule has 0 spiro atoms. The largest absolute Gasteiger partial charge is 0.606 e. The second-order valence-electron chi connectivity index (χ2n) is 5.77. The van der Waals surface area contributed by atoms with E-state index in [0.29, 0.717) is 26.9 Å². The second kappa shape index (κ2) is 11.5. The first kappa shape index (κ1) is 23.6. The molecular weight excluding hydrogens is 426 g/mol. The first-order chi connectivity index (χ1) is 14.4. The number of ether oxygens (including phenoxy) is 2. The number of amidine groups is 1. The smallest absolute Gasteiger partial charge is 0.435 e. The number of hydrogen-bond acceptors (Lipinski definition) is 6. The van der Waals surface area contributed by atoms with E-state index in [1.807, 2.05) is 0 Å². The van der Waals surface area contributed by atoms with Crippen LogP contribution in [0.1, 0.15) is 13.3 Å². The van der Waals surface area contributed by atoms with Gasteiger partial charge in [0.25, 0.3) is 0 Å². The topological polar surface area (TPSA) is 112 Å². The molecule has 10 heteroatoms. The standard InChI is InChI=1S/C20H23N3O5S2/c1-5-18(24)21-17-12-15(30(26)14-8-6-7-13(11-14)27-2)9-10-16(17)22-19(29-4)23-20(25)28-3/h6-12H,5H2,1-4H3,(H,21,24)(H,22,23,25). The van der Waals surface area contributed by atoms with E-state index in [9.17, 15) is 14.1 Å². The Morgan fingerprint density at radius 2 is 1.83 bits per heavy atom. The molecule has 2 rings (SSSR count). The zero-order valence-corrected chi connectivity index (χ0v) is 18.7. The molecule has 2 aromatic rings. The molecule has 0 aliphatic carbocycles. The summed E-state index contributed by atoms with van der Waals surface area (Å²) in [5.74, 6) is 0.389. The Kier molecular flexibility index (Phi) is 9.03. The summed E-state index contributed by atoms with van der Waals surface area (Å²) in [6.45, 7) is 1.73. The Balaban J connectivity index is 2.40. The Bertz CT molecular complexity index is 936. The van der Waals surface area contributed by atoms with E-state index in [2.05, 4.69) is 20.4 Å². The van der Waals surface area contributed by atoms with Crippen LogP contribution in [0.4, 0.5) is 16.2 Å². The summed E-state index contributed by atoms with van der Waals surface area (Å²) in [5, 5.41) is 6.07. The molecule has 2 aromatic carbocycles. The van der Waals surface area contributed by atoms with Crippen molar-refractivity contribution in [3.8, 4) is 5.75 Å². The van der Waals surface area contributed by atoms with Gasteiger partial charge in [0.2, 0.25) is 5.91 Å². The number of rotatable bonds is 6. The number of methoxy groups -OCH3 is 2. The molecule has 8 nitrogen and oxygen atoms in total. The van der Waals surface area contributed by atoms with Crippen molar-refractivity contribution in [1.29, 1.82) is 0 Å². The molecule has 2 amide bonds. The van der Waals surface area contributed by atoms with Crippen LogP contribution in [0.25, 0.3) is 0 Å². The Labute approximate surface area is 182 Å². The number of thioether (sulfide) groups is 1. The van der Waals surface area contributed by atoms with Gasteiger partial charge in [0.1, 0.15) is 5.75 Å². The number of amides is 2. The minimum atomic E-state index is -1.49. The van der Waals surface area contributed by atoms with Crippen molar-refractivity contribution >= 4 is 51.5 Å². The van der Waals surface area contributed by atoms with Crippen molar-refractivity contribution < 1.29 is 23.6 Å². The van der Waals surface area contributed by atoms with Gasteiger partial charge in [-0.1, -0.05) is 24.8 Å². The van der Waals surface area contributed by atoms with E-state index in [1.54, 1.807) is 62.8 Å². The van der Waals surface area contributed by atoms with E-state index >= 15 is 0 Å². The summed E-state index contributed by atoms with van der Waals surface area (Å²) >= 11 is -0.283. The maximum atomic E-state index is 13.0. The molecule has 1 atom stereocenters. The molecule has 0 saturated carbocycles. The van der Waals surface area contributed by atoms with Gasteiger partial charge in [-0.2, -0.15) is 4.99 Å². The van der Waals surface area contributed by atoms with Gasteiger partial charge < -0.3 is 24.7 Å². The normalized spacial score (nSPS) is 12.1. The van der Waals surface area contributed by atoms with Gasteiger partial charge in [-0.25, -0.2) is 4.79 Å². The third-order valence-electron chi connectivity index (χ3n) is 3.86. The zero-order chi connectivity index (χ0) is 22.1. The van der Waals surface area contributed by atoms with Gasteiger partial charge in [-0.3, -0.25) is 4.79 Å². The average molecular weight is 450 g/mol. The minimum Gasteiger partial charge on any atom is -0.606 e. The van der Waals surface area contributed by atoms with Gasteiger partial charge in [-0.15, -0.1) is 0 Å². The molecular formula is C20H23N3O5S2. The van der Waals surface area contributed by atoms with Crippen LogP contribution in [0.3, 0.4) is 0 Å². The third kappa shape index (κ3) is 6.41. The molecule has 1 unspecified atom stereocenters. The lowest BCUT2D eigenvalue weighted by molar-refractivity contribution is -0.115. The highest BCUT2D eigenvalue weighted by Gasteiger charge is 2.19. The molecule has 160 valence electrons. The van der Waals surface area contributed by atoms with Gasteiger partial charge in [0, 0.05) is 29.7 Å². The highest BCUT2D eigenvalue weighted by molar-refractivity contribution is 8.13. The molecule has 0 aliphatic heterocycles. The van der Waals surface area contributed by atoms with Crippen molar-refractivity contribution in [2.75, 3.05) is 31.1 Å². The number of carbonyl (C=O) groups is 2. The van der Waals surface area contributed by atoms with Crippen LogP contribution in [-0.4, -0.2) is 42.2 Å². The quantitative estimate of drug-likeness (QED) is 0.388. The van der Waals surface area contributed by atoms with E-state index in [1.165, 1.54) is 18.9 Å². The third-order valence-corrected chi connectivity index (χ3v) is 5.80. The highest BCUT2D eigenvalue weighted by Crippen LogP contribution is 2.31. The van der Waals surface area contributed by atoms with Crippen LogP contribution < -0.4 is 15.4 Å². The molecule has 2 N–H and O–H groups in total. The Morgan fingerprint density at radius 3 is 2.47 bits per heavy atom. The fraction of sp³-hybridized carbons (Fsp3) is 0.250. The van der Waals surface area contributed by atoms with Crippen molar-refractivity contribution in [2.24, 2.45) is 4.99 Å². The van der Waals surface area contributed by atoms with Gasteiger partial charge >= 0.3 is 6.09 Å². The second-order valence-corrected chi connectivity index (χ2v) is 8.05. The van der Waals surface area contributed by atoms with Crippen molar-refractivity contribution in [3.63, 3.8) is 0 Å². The maximum absolute atomic E-state index is 13.0. The lowest BCUT2D eigenvalue weighted by atomic mass is 10.2. The SMILES string of the molecule is CCC(=O)Nc1cc([S+]([O-])c2cccc(OC)c2)ccc1NC(=NC(=O)OC)SC. The van der Waals surface area contributed by atoms with Crippen LogP contribution in [-0.2, 0) is 20.7 Å². The number of anilines is 2. The Hall–Kier alpha value is -2.69. The van der Waals surface area contributed by atoms with E-state index in [0.717, 1.165) is 0 Å². The zero-order valence-electron chi connectivity index (χ0n) is 17.1. The van der Waals surface area contributed by atoms with Crippen molar-refractivity contribution in [2.45, 2.75) is 23.1 Å². The molecule has 0 aromatic heterocycles. The first-order valence-corrected chi connectivity index (χ1v) is 11.3. The maximum Gasteiger partial charge on any atom is 0.435 e. The van der Waals surface area contributed by atoms with E-state index in [4.69, 9.17) is 4.74 Å². The number of benzene rings is 2. The van der Waals surface area contributed by atoms with Crippen LogP contribution in [0.15, 0.2) is 57.2 Å². The van der Waals surface area contributed by atoms with E-state index < -0.39 is 17.3 Å². The summed E-state index contributed by atoms with van der Waals surface area (Å²) in [4.78, 5) is 28.3. The molecule has 0 aliphatic rings. The predicted octanol–water partition coefficient (Wildman–Crippen LogP) is 4.11. The molecule has 0 fully saturated rings. The summed E-state index contributed by atoms with van der Waals surface area (Å²) in [5.41, 5.74) is 0.919. The van der Waals surface area contributed by atoms with E-state index in [-0.39, 0.29) is 17.5 Å². The predicted molar refractivity (Wildman–Crippen MR) is 120 cm³/mol. The van der Waals surface area contributed by atoms with Crippen LogP contribution in [0, 0.1) is 0 Å². The molecule has 30 heavy (non-hydrogen) atoms. The summed E-state index contributed by atoms with van der Waals surface area (Å²) in [7, 11) is 2.78. The molecule has 0 heterocycles. The lowest BCUT2D eigenvalue weighted by Gasteiger charge is -2.16.